The van der Waals surface area contributed by atoms with Crippen LogP contribution < -0.4 is 0 Å². The van der Waals surface area contributed by atoms with Crippen LogP contribution in [0.15, 0.2) is 383 Å². The standard InChI is InChI=1S/2C21H18NO.C20H16NO.C18H12NO.2C14H14N.2C13H12N.4Ir/c1-13(2)18-11-19(22-12-14(18)3)17-9-6-8-16-15-7-4-5-10-20(15)23-21(16)17;1-13(2)18-12-22-19(11-14(18)3)17-9-6-8-16-15-7-4-5-10-20(15)23-21(16)17;1-13(2)14-10-11-18(21-12-14)17-8-5-7-16-15-6-3-4-9-19(15)22-20(16)17;1-12-9-10-16(19-11-12)15-7-4-6-14-13-5-2-3-8-17(13)20-18(14)15;2*1-11(2)13-8-9-14(15-10-13)12-6-4-3-5-7-12;2*1-10-8-13(14-9-11(10)2)12-6-4-3-5-7-12;;;;/h2*4-8,10-13H,1-3H3;3-7,9-13H,1-2H3;2-6,8-11H,1H3;2*3-6,8-11H,1-2H3;2*3-6,8-9H,1-2H3;;;;/q8*-1;;;;/i1D3,2D3,3D3,13D;1D3,3D3,13D;;;;;2*2D3;;;;. The molecule has 1 unspecified atom stereocenters. The average Bonchev–Trinajstić information content (AvgIpc) is 1.68. The van der Waals surface area contributed by atoms with Crippen LogP contribution >= 0.6 is 0 Å². The molecule has 0 saturated carbocycles. The van der Waals surface area contributed by atoms with Gasteiger partial charge < -0.3 is 57.5 Å². The van der Waals surface area contributed by atoms with Crippen LogP contribution in [-0.4, -0.2) is 39.9 Å². The summed E-state index contributed by atoms with van der Waals surface area (Å²) in [4.78, 5) is 34.8. The molecule has 16 heteroatoms. The number of para-hydroxylation sites is 4. The Morgan fingerprint density at radius 1 is 0.233 bits per heavy atom. The molecule has 24 aromatic rings. The van der Waals surface area contributed by atoms with E-state index in [9.17, 15) is 0 Å². The van der Waals surface area contributed by atoms with E-state index in [1.807, 2.05) is 244 Å². The number of pyridine rings is 8. The third kappa shape index (κ3) is 27.3. The largest absolute Gasteiger partial charge is 0.501 e. The summed E-state index contributed by atoms with van der Waals surface area (Å²) in [6.45, 7) is 0.664. The monoisotopic (exact) mass is 2700 g/mol. The van der Waals surface area contributed by atoms with Crippen LogP contribution in [-0.2, 0) is 80.4 Å². The van der Waals surface area contributed by atoms with Gasteiger partial charge in [-0.05, 0) is 198 Å². The quantitative estimate of drug-likeness (QED) is 0.101. The van der Waals surface area contributed by atoms with Crippen molar-refractivity contribution >= 4 is 87.8 Å². The van der Waals surface area contributed by atoms with E-state index in [1.54, 1.807) is 56.3 Å². The molecule has 0 aliphatic heterocycles. The Bertz CT molecular complexity index is 9360. The predicted molar refractivity (Wildman–Crippen MR) is 601 cm³/mol. The average molecular weight is 2690 g/mol. The molecule has 0 bridgehead atoms. The zero-order valence-electron chi connectivity index (χ0n) is 106. The Labute approximate surface area is 967 Å². The number of rotatable bonds is 13. The van der Waals surface area contributed by atoms with Gasteiger partial charge in [0.25, 0.3) is 0 Å². The van der Waals surface area contributed by atoms with E-state index >= 15 is 0 Å². The summed E-state index contributed by atoms with van der Waals surface area (Å²) in [5.41, 5.74) is 23.0. The van der Waals surface area contributed by atoms with Crippen LogP contribution in [0, 0.1) is 96.7 Å². The first-order chi connectivity index (χ1) is 80.1. The maximum Gasteiger partial charge on any atom is 0.120 e. The zero-order valence-corrected chi connectivity index (χ0v) is 93.0. The van der Waals surface area contributed by atoms with Gasteiger partial charge in [0.15, 0.2) is 0 Å². The summed E-state index contributed by atoms with van der Waals surface area (Å²) >= 11 is 0. The third-order valence-corrected chi connectivity index (χ3v) is 24.3. The fourth-order valence-corrected chi connectivity index (χ4v) is 16.2. The molecule has 0 fully saturated rings. The Hall–Kier alpha value is -14.4. The van der Waals surface area contributed by atoms with Gasteiger partial charge in [0.2, 0.25) is 0 Å². The molecule has 12 nitrogen and oxygen atoms in total. The van der Waals surface area contributed by atoms with Gasteiger partial charge in [0, 0.05) is 183 Å². The molecule has 12 heterocycles. The van der Waals surface area contributed by atoms with E-state index < -0.39 is 70.9 Å². The number of aryl methyl sites for hydroxylation is 7. The molecule has 760 valence electrons. The van der Waals surface area contributed by atoms with Crippen LogP contribution in [0.25, 0.3) is 178 Å². The number of hydrogen-bond donors (Lipinski definition) is 0. The van der Waals surface area contributed by atoms with Crippen LogP contribution in [0.5, 0.6) is 0 Å². The fraction of sp³-hybridized carbons (Fsp3) is 0.164. The Kier molecular flexibility index (Phi) is 29.9. The predicted octanol–water partition coefficient (Wildman–Crippen LogP) is 35.8. The molecule has 0 spiro atoms. The molecule has 1 atom stereocenters. The summed E-state index contributed by atoms with van der Waals surface area (Å²) in [6.07, 6.45) is 12.6. The summed E-state index contributed by atoms with van der Waals surface area (Å²) in [5.74, 6) is -3.79. The second kappa shape index (κ2) is 53.2. The minimum atomic E-state index is -3.36. The summed E-state index contributed by atoms with van der Waals surface area (Å²) in [5, 5.41) is 7.78. The molecule has 0 saturated heterocycles. The van der Waals surface area contributed by atoms with Crippen molar-refractivity contribution in [1.82, 2.24) is 39.9 Å². The van der Waals surface area contributed by atoms with Gasteiger partial charge >= 0.3 is 0 Å². The van der Waals surface area contributed by atoms with Crippen LogP contribution in [0.1, 0.15) is 197 Å². The van der Waals surface area contributed by atoms with E-state index in [4.69, 9.17) is 49.2 Å². The second-order valence-corrected chi connectivity index (χ2v) is 35.5. The zero-order chi connectivity index (χ0) is 121. The van der Waals surface area contributed by atoms with Crippen LogP contribution in [0.3, 0.4) is 0 Å². The van der Waals surface area contributed by atoms with Gasteiger partial charge in [-0.25, -0.2) is 0 Å². The fourth-order valence-electron chi connectivity index (χ4n) is 16.2. The van der Waals surface area contributed by atoms with Crippen molar-refractivity contribution in [2.75, 3.05) is 0 Å². The van der Waals surface area contributed by atoms with Gasteiger partial charge in [0.05, 0.1) is 22.3 Å². The molecular weight excluding hydrogens is 2550 g/mol. The molecule has 0 amide bonds. The van der Waals surface area contributed by atoms with Gasteiger partial charge in [-0.3, -0.25) is 0 Å². The van der Waals surface area contributed by atoms with Crippen molar-refractivity contribution in [2.24, 2.45) is 0 Å². The third-order valence-electron chi connectivity index (χ3n) is 24.3. The van der Waals surface area contributed by atoms with Gasteiger partial charge in [-0.1, -0.05) is 275 Å². The smallest absolute Gasteiger partial charge is 0.120 e. The van der Waals surface area contributed by atoms with E-state index in [2.05, 4.69) is 178 Å². The molecule has 4 radical (unpaired) electrons. The van der Waals surface area contributed by atoms with Gasteiger partial charge in [-0.15, -0.1) is 216 Å². The number of furan rings is 4. The van der Waals surface area contributed by atoms with E-state index in [0.29, 0.717) is 62.3 Å². The number of aromatic nitrogens is 8. The van der Waals surface area contributed by atoms with Crippen molar-refractivity contribution in [3.63, 3.8) is 0 Å². The molecule has 0 aliphatic rings. The molecule has 12 aromatic heterocycles. The first kappa shape index (κ1) is 84.4. The summed E-state index contributed by atoms with van der Waals surface area (Å²) in [6, 6.07) is 124. The van der Waals surface area contributed by atoms with E-state index in [-0.39, 0.29) is 103 Å². The number of fused-ring (bicyclic) bond motifs is 12. The number of benzene rings is 12. The summed E-state index contributed by atoms with van der Waals surface area (Å²) < 4.78 is 202. The van der Waals surface area contributed by atoms with Crippen LogP contribution in [0.2, 0.25) is 0 Å². The Morgan fingerprint density at radius 2 is 0.527 bits per heavy atom. The Morgan fingerprint density at radius 3 is 0.840 bits per heavy atom. The van der Waals surface area contributed by atoms with Crippen molar-refractivity contribution in [1.29, 1.82) is 0 Å². The number of nitrogens with zero attached hydrogens (tertiary/aromatic N) is 8. The first-order valence-electron chi connectivity index (χ1n) is 59.1. The minimum Gasteiger partial charge on any atom is -0.501 e. The maximum absolute atomic E-state index is 8.56. The van der Waals surface area contributed by atoms with E-state index in [1.165, 1.54) is 48.3 Å². The minimum absolute atomic E-state index is 0. The van der Waals surface area contributed by atoms with E-state index in [0.717, 1.165) is 162 Å². The molecule has 24 rings (SSSR count). The van der Waals surface area contributed by atoms with Gasteiger partial charge in [-0.2, -0.15) is 0 Å². The van der Waals surface area contributed by atoms with Crippen molar-refractivity contribution < 1.29 is 130 Å². The molecule has 0 aliphatic carbocycles. The van der Waals surface area contributed by atoms with Gasteiger partial charge in [0.1, 0.15) is 22.3 Å². The second-order valence-electron chi connectivity index (χ2n) is 35.5. The molecular formula is C134H116Ir4N8O4-8. The number of hydrogen-bond acceptors (Lipinski definition) is 12. The molecule has 0 N–H and O–H groups in total. The maximum atomic E-state index is 8.56. The van der Waals surface area contributed by atoms with Crippen molar-refractivity contribution in [2.45, 2.75) is 147 Å². The van der Waals surface area contributed by atoms with Crippen molar-refractivity contribution in [3.05, 3.63) is 480 Å². The molecule has 12 aromatic carbocycles. The molecule has 150 heavy (non-hydrogen) atoms. The summed E-state index contributed by atoms with van der Waals surface area (Å²) in [7, 11) is 0. The van der Waals surface area contributed by atoms with Crippen molar-refractivity contribution in [3.8, 4) is 90.1 Å². The Balaban J connectivity index is 0.000000163. The SMILES string of the molecule is CC(C)c1ccc(-c2[c-]ccc3c2oc2ccccc23)nc1.CC(C)c1ccc(-c2[c-]cccc2)nc1.CC(C)c1ccc(-c2[c-]cccc2)nc1.Cc1ccc(-c2[c-]ccc3c2oc2ccccc23)nc1.[2H]C([2H])([2H])c1cc(-c2[c-]ccc3c2oc2ccccc23)ncc1C([2H])(C)C([2H])([2H])[2H].[2H]C([2H])([2H])c1cnc(-c2[c-]ccc3c2oc2ccccc23)cc1C([2H])(C([2H])([2H])[2H])C([2H])([2H])[2H].[2H]C([2H])([2H])c1cnc(-c2[c-]cccc2)cc1C.[2H]C([2H])([2H])c1cnc(-c2[c-]cccc2)cc1C.[Ir].[Ir].[Ir].[Ir]. The first-order valence-corrected chi connectivity index (χ1v) is 47.6. The normalized spacial score (nSPS) is 14.1. The van der Waals surface area contributed by atoms with Crippen LogP contribution in [0.4, 0.5) is 0 Å². The topological polar surface area (TPSA) is 156 Å².